The van der Waals surface area contributed by atoms with Crippen molar-refractivity contribution in [3.63, 3.8) is 0 Å². The Morgan fingerprint density at radius 2 is 1.91 bits per heavy atom. The average Bonchev–Trinajstić information content (AvgIpc) is 3.13. The topological polar surface area (TPSA) is 65.4 Å². The minimum Gasteiger partial charge on any atom is -0.396 e. The normalized spacial score (nSPS) is 18.6. The minimum absolute atomic E-state index is 0.0333. The highest BCUT2D eigenvalue weighted by molar-refractivity contribution is 8.15. The first kappa shape index (κ1) is 24.2. The number of hydroxylamine groups is 2. The van der Waals surface area contributed by atoms with E-state index in [1.807, 2.05) is 51.1 Å². The van der Waals surface area contributed by atoms with E-state index in [1.165, 1.54) is 12.1 Å². The summed E-state index contributed by atoms with van der Waals surface area (Å²) in [5.74, 6) is -1.25. The second-order valence-corrected chi connectivity index (χ2v) is 9.67. The van der Waals surface area contributed by atoms with Gasteiger partial charge in [0.05, 0.1) is 5.60 Å². The molecule has 1 aliphatic heterocycles. The van der Waals surface area contributed by atoms with Crippen LogP contribution < -0.4 is 0 Å². The molecule has 1 heterocycles. The zero-order chi connectivity index (χ0) is 23.5. The van der Waals surface area contributed by atoms with Crippen molar-refractivity contribution in [3.8, 4) is 0 Å². The summed E-state index contributed by atoms with van der Waals surface area (Å²) in [6.45, 7) is 5.32. The number of aliphatic hydroxyl groups is 1. The number of aliphatic hydroxyl groups excluding tert-OH is 1. The molecule has 0 saturated carbocycles. The SMILES string of the molecule is CN(OC(C)(C)C)C(=O)N1N=C(c2cc(F)ccc2F)SC1(CCCO)c1ccccc1. The number of carbonyl (C=O) groups is 1. The summed E-state index contributed by atoms with van der Waals surface area (Å²) in [5, 5.41) is 16.5. The predicted octanol–water partition coefficient (Wildman–Crippen LogP) is 5.08. The Kier molecular flexibility index (Phi) is 7.22. The molecule has 32 heavy (non-hydrogen) atoms. The number of hydrazone groups is 1. The van der Waals surface area contributed by atoms with E-state index in [-0.39, 0.29) is 17.2 Å². The van der Waals surface area contributed by atoms with Crippen LogP contribution >= 0.6 is 11.8 Å². The van der Waals surface area contributed by atoms with Gasteiger partial charge in [-0.1, -0.05) is 42.1 Å². The first-order valence-electron chi connectivity index (χ1n) is 10.2. The van der Waals surface area contributed by atoms with Crippen LogP contribution in [0.15, 0.2) is 53.6 Å². The third-order valence-corrected chi connectivity index (χ3v) is 6.16. The second-order valence-electron chi connectivity index (χ2n) is 8.40. The molecule has 1 N–H and O–H groups in total. The second kappa shape index (κ2) is 9.56. The highest BCUT2D eigenvalue weighted by Crippen LogP contribution is 2.51. The zero-order valence-electron chi connectivity index (χ0n) is 18.5. The number of amides is 2. The number of thioether (sulfide) groups is 1. The Morgan fingerprint density at radius 3 is 2.53 bits per heavy atom. The van der Waals surface area contributed by atoms with E-state index in [4.69, 9.17) is 4.84 Å². The van der Waals surface area contributed by atoms with Crippen LogP contribution in [-0.4, -0.2) is 45.5 Å². The largest absolute Gasteiger partial charge is 0.396 e. The molecule has 2 aromatic carbocycles. The third kappa shape index (κ3) is 5.11. The van der Waals surface area contributed by atoms with Crippen LogP contribution in [0.1, 0.15) is 44.7 Å². The molecule has 9 heteroatoms. The van der Waals surface area contributed by atoms with Gasteiger partial charge in [-0.3, -0.25) is 4.84 Å². The number of nitrogens with zero attached hydrogens (tertiary/aromatic N) is 3. The summed E-state index contributed by atoms with van der Waals surface area (Å²) >= 11 is 1.15. The Bertz CT molecular complexity index is 998. The van der Waals surface area contributed by atoms with Gasteiger partial charge in [-0.15, -0.1) is 0 Å². The fourth-order valence-corrected chi connectivity index (χ4v) is 4.86. The first-order valence-corrected chi connectivity index (χ1v) is 11.1. The van der Waals surface area contributed by atoms with Gasteiger partial charge in [0.15, 0.2) is 0 Å². The third-order valence-electron chi connectivity index (χ3n) is 4.72. The van der Waals surface area contributed by atoms with Gasteiger partial charge < -0.3 is 5.11 Å². The molecule has 0 fully saturated rings. The highest BCUT2D eigenvalue weighted by Gasteiger charge is 2.50. The van der Waals surface area contributed by atoms with Crippen LogP contribution in [0.4, 0.5) is 13.6 Å². The molecule has 6 nitrogen and oxygen atoms in total. The molecule has 1 atom stereocenters. The number of hydrogen-bond acceptors (Lipinski definition) is 5. The molecule has 3 rings (SSSR count). The monoisotopic (exact) mass is 463 g/mol. The smallest absolute Gasteiger partial charge is 0.365 e. The van der Waals surface area contributed by atoms with Crippen molar-refractivity contribution in [2.45, 2.75) is 44.1 Å². The van der Waals surface area contributed by atoms with E-state index >= 15 is 0 Å². The molecule has 1 aliphatic rings. The average molecular weight is 464 g/mol. The van der Waals surface area contributed by atoms with Crippen molar-refractivity contribution in [1.82, 2.24) is 10.1 Å². The van der Waals surface area contributed by atoms with Gasteiger partial charge in [0, 0.05) is 19.2 Å². The van der Waals surface area contributed by atoms with E-state index in [1.54, 1.807) is 0 Å². The minimum atomic E-state index is -1.08. The molecule has 2 amide bonds. The lowest BCUT2D eigenvalue weighted by molar-refractivity contribution is -0.186. The van der Waals surface area contributed by atoms with Crippen molar-refractivity contribution in [2.24, 2.45) is 5.10 Å². The standard InChI is InChI=1S/C23H27F2N3O3S/c1-22(2,3)31-27(4)21(30)28-23(13-8-14-29,16-9-6-5-7-10-16)32-20(26-28)18-15-17(24)11-12-19(18)25/h5-7,9-12,15,29H,8,13-14H2,1-4H3. The molecule has 0 aliphatic carbocycles. The van der Waals surface area contributed by atoms with Crippen LogP contribution in [0, 0.1) is 11.6 Å². The van der Waals surface area contributed by atoms with E-state index in [0.29, 0.717) is 12.8 Å². The molecule has 2 aromatic rings. The van der Waals surface area contributed by atoms with E-state index in [9.17, 15) is 18.7 Å². The lowest BCUT2D eigenvalue weighted by Gasteiger charge is -2.38. The first-order chi connectivity index (χ1) is 15.1. The highest BCUT2D eigenvalue weighted by atomic mass is 32.2. The molecular formula is C23H27F2N3O3S. The van der Waals surface area contributed by atoms with Gasteiger partial charge in [-0.05, 0) is 57.4 Å². The number of rotatable bonds is 6. The Morgan fingerprint density at radius 1 is 1.22 bits per heavy atom. The van der Waals surface area contributed by atoms with Crippen LogP contribution in [0.3, 0.4) is 0 Å². The molecule has 0 radical (unpaired) electrons. The Labute approximate surface area is 190 Å². The van der Waals surface area contributed by atoms with Crippen molar-refractivity contribution in [2.75, 3.05) is 13.7 Å². The molecule has 1 unspecified atom stereocenters. The van der Waals surface area contributed by atoms with E-state index in [2.05, 4.69) is 5.10 Å². The summed E-state index contributed by atoms with van der Waals surface area (Å²) in [4.78, 5) is 18.1. The summed E-state index contributed by atoms with van der Waals surface area (Å²) in [5.41, 5.74) is 0.0689. The summed E-state index contributed by atoms with van der Waals surface area (Å²) in [6, 6.07) is 11.7. The van der Waals surface area contributed by atoms with Gasteiger partial charge >= 0.3 is 6.03 Å². The maximum atomic E-state index is 14.6. The number of urea groups is 1. The van der Waals surface area contributed by atoms with Crippen LogP contribution in [0.2, 0.25) is 0 Å². The molecule has 172 valence electrons. The lowest BCUT2D eigenvalue weighted by Crippen LogP contribution is -2.48. The van der Waals surface area contributed by atoms with E-state index in [0.717, 1.165) is 40.6 Å². The van der Waals surface area contributed by atoms with Gasteiger partial charge in [0.25, 0.3) is 0 Å². The molecule has 0 spiro atoms. The van der Waals surface area contributed by atoms with E-state index < -0.39 is 28.1 Å². The summed E-state index contributed by atoms with van der Waals surface area (Å²) in [7, 11) is 1.48. The zero-order valence-corrected chi connectivity index (χ0v) is 19.3. The summed E-state index contributed by atoms with van der Waals surface area (Å²) < 4.78 is 28.5. The fourth-order valence-electron chi connectivity index (χ4n) is 3.45. The molecule has 0 saturated heterocycles. The van der Waals surface area contributed by atoms with Crippen molar-refractivity contribution < 1.29 is 23.5 Å². The van der Waals surface area contributed by atoms with Gasteiger partial charge in [-0.25, -0.2) is 18.6 Å². The van der Waals surface area contributed by atoms with Crippen LogP contribution in [0.5, 0.6) is 0 Å². The van der Waals surface area contributed by atoms with Crippen molar-refractivity contribution >= 4 is 22.8 Å². The number of carbonyl (C=O) groups excluding carboxylic acids is 1. The maximum absolute atomic E-state index is 14.6. The van der Waals surface area contributed by atoms with Crippen LogP contribution in [0.25, 0.3) is 0 Å². The number of benzene rings is 2. The molecule has 0 aromatic heterocycles. The maximum Gasteiger partial charge on any atom is 0.365 e. The number of hydrogen-bond donors (Lipinski definition) is 1. The molecular weight excluding hydrogens is 436 g/mol. The number of halogens is 2. The van der Waals surface area contributed by atoms with Gasteiger partial charge in [0.2, 0.25) is 0 Å². The lowest BCUT2D eigenvalue weighted by atomic mass is 10.0. The quantitative estimate of drug-likeness (QED) is 0.607. The van der Waals surface area contributed by atoms with Gasteiger partial charge in [0.1, 0.15) is 21.5 Å². The molecule has 0 bridgehead atoms. The van der Waals surface area contributed by atoms with Crippen LogP contribution in [-0.2, 0) is 9.71 Å². The Balaban J connectivity index is 2.13. The van der Waals surface area contributed by atoms with Crippen molar-refractivity contribution in [3.05, 3.63) is 71.3 Å². The fraction of sp³-hybridized carbons (Fsp3) is 0.391. The Hall–Kier alpha value is -2.49. The van der Waals surface area contributed by atoms with Crippen molar-refractivity contribution in [1.29, 1.82) is 0 Å². The predicted molar refractivity (Wildman–Crippen MR) is 121 cm³/mol. The van der Waals surface area contributed by atoms with Gasteiger partial charge in [-0.2, -0.15) is 10.1 Å². The summed E-state index contributed by atoms with van der Waals surface area (Å²) in [6.07, 6.45) is 0.696.